The van der Waals surface area contributed by atoms with Gasteiger partial charge in [-0.25, -0.2) is 0 Å². The van der Waals surface area contributed by atoms with Gasteiger partial charge in [0.15, 0.2) is 6.29 Å². The fraction of sp³-hybridized carbons (Fsp3) is 0.721. The lowest BCUT2D eigenvalue weighted by atomic mass is 9.99. The second-order valence-electron chi connectivity index (χ2n) is 21.4. The average molecular weight is 1080 g/mol. The summed E-state index contributed by atoms with van der Waals surface area (Å²) in [6, 6.07) is -0.861. The zero-order chi connectivity index (χ0) is 55.8. The van der Waals surface area contributed by atoms with E-state index in [1.807, 2.05) is 6.08 Å². The Kier molecular flexibility index (Phi) is 52.4. The first-order valence-corrected chi connectivity index (χ1v) is 31.6. The zero-order valence-corrected chi connectivity index (χ0v) is 49.2. The van der Waals surface area contributed by atoms with Crippen LogP contribution in [0.4, 0.5) is 0 Å². The minimum atomic E-state index is -1.59. The van der Waals surface area contributed by atoms with E-state index in [1.165, 1.54) is 148 Å². The molecule has 0 bridgehead atoms. The molecule has 442 valence electrons. The van der Waals surface area contributed by atoms with Crippen molar-refractivity contribution >= 4 is 5.91 Å². The molecule has 77 heavy (non-hydrogen) atoms. The van der Waals surface area contributed by atoms with Crippen LogP contribution in [0.1, 0.15) is 258 Å². The highest BCUT2D eigenvalue weighted by Gasteiger charge is 2.44. The van der Waals surface area contributed by atoms with Gasteiger partial charge in [0.1, 0.15) is 24.4 Å². The number of rotatable bonds is 53. The van der Waals surface area contributed by atoms with Crippen molar-refractivity contribution in [2.45, 2.75) is 301 Å². The van der Waals surface area contributed by atoms with Crippen LogP contribution in [0, 0.1) is 0 Å². The highest BCUT2D eigenvalue weighted by Crippen LogP contribution is 2.23. The van der Waals surface area contributed by atoms with Crippen molar-refractivity contribution in [2.24, 2.45) is 0 Å². The Labute approximate surface area is 472 Å². The first-order valence-electron chi connectivity index (χ1n) is 31.6. The molecule has 7 unspecified atom stereocenters. The monoisotopic (exact) mass is 1080 g/mol. The van der Waals surface area contributed by atoms with Gasteiger partial charge in [-0.2, -0.15) is 0 Å². The molecule has 7 atom stereocenters. The lowest BCUT2D eigenvalue weighted by molar-refractivity contribution is -0.302. The number of carbonyl (C=O) groups is 1. The van der Waals surface area contributed by atoms with Crippen LogP contribution in [0.15, 0.2) is 109 Å². The number of hydrogen-bond acceptors (Lipinski definition) is 8. The number of hydrogen-bond donors (Lipinski definition) is 6. The molecule has 0 spiro atoms. The molecule has 1 saturated heterocycles. The molecular formula is C68H117NO8. The summed E-state index contributed by atoms with van der Waals surface area (Å²) in [5.74, 6) is -0.235. The molecule has 0 saturated carbocycles. The van der Waals surface area contributed by atoms with Crippen LogP contribution in [0.5, 0.6) is 0 Å². The van der Waals surface area contributed by atoms with Gasteiger partial charge < -0.3 is 40.3 Å². The Morgan fingerprint density at radius 3 is 1.25 bits per heavy atom. The van der Waals surface area contributed by atoms with Crippen LogP contribution in [0.2, 0.25) is 0 Å². The molecule has 1 fully saturated rings. The third-order valence-electron chi connectivity index (χ3n) is 14.3. The van der Waals surface area contributed by atoms with Crippen molar-refractivity contribution in [3.63, 3.8) is 0 Å². The third-order valence-corrected chi connectivity index (χ3v) is 14.3. The van der Waals surface area contributed by atoms with E-state index in [0.717, 1.165) is 77.0 Å². The Balaban J connectivity index is 2.24. The van der Waals surface area contributed by atoms with E-state index in [4.69, 9.17) is 9.47 Å². The van der Waals surface area contributed by atoms with Gasteiger partial charge in [0, 0.05) is 6.42 Å². The summed E-state index contributed by atoms with van der Waals surface area (Å²) in [6.45, 7) is 3.63. The molecule has 9 nitrogen and oxygen atoms in total. The van der Waals surface area contributed by atoms with Gasteiger partial charge >= 0.3 is 0 Å². The standard InChI is InChI=1S/C68H117NO8/c1-3-5-7-9-11-13-15-17-19-21-23-25-26-27-28-29-30-31-32-33-34-35-36-38-39-41-43-45-47-49-51-53-55-57-62(71)61(60-76-68-67(75)66(74)65(73)63(59-70)77-68)69-64(72)58-56-54-52-50-48-46-44-42-40-37-24-22-20-18-16-14-12-10-8-6-4-2/h6,8,12,14,18,20,24,37,39,41-42,44,47-50,55,57,61-63,65-68,70-71,73-75H,3-5,7,9-11,13,15-17,19,21-23,25-36,38,40,43,45-46,51-54,56,58-60H2,1-2H3,(H,69,72)/b8-6-,14-12-,20-18-,37-24-,41-39+,44-42-,49-47+,50-48-,57-55+. The largest absolute Gasteiger partial charge is 0.394 e. The molecule has 1 heterocycles. The minimum absolute atomic E-state index is 0.231. The fourth-order valence-corrected chi connectivity index (χ4v) is 9.37. The molecule has 1 rings (SSSR count). The second kappa shape index (κ2) is 56.1. The van der Waals surface area contributed by atoms with E-state index in [9.17, 15) is 30.3 Å². The van der Waals surface area contributed by atoms with Crippen molar-refractivity contribution in [3.05, 3.63) is 109 Å². The second-order valence-corrected chi connectivity index (χ2v) is 21.4. The molecule has 0 aromatic carbocycles. The first kappa shape index (κ1) is 71.9. The summed E-state index contributed by atoms with van der Waals surface area (Å²) < 4.78 is 11.2. The topological polar surface area (TPSA) is 149 Å². The summed E-state index contributed by atoms with van der Waals surface area (Å²) in [6.07, 6.45) is 76.2. The lowest BCUT2D eigenvalue weighted by Gasteiger charge is -2.40. The average Bonchev–Trinajstić information content (AvgIpc) is 3.43. The molecule has 1 aliphatic heterocycles. The number of amides is 1. The molecule has 0 aromatic heterocycles. The highest BCUT2D eigenvalue weighted by atomic mass is 16.7. The molecule has 1 amide bonds. The van der Waals surface area contributed by atoms with E-state index in [2.05, 4.69) is 116 Å². The number of ether oxygens (including phenoxy) is 2. The number of aliphatic hydroxyl groups is 5. The zero-order valence-electron chi connectivity index (χ0n) is 49.2. The van der Waals surface area contributed by atoms with Crippen LogP contribution in [0.3, 0.4) is 0 Å². The first-order chi connectivity index (χ1) is 37.8. The van der Waals surface area contributed by atoms with E-state index in [-0.39, 0.29) is 18.9 Å². The number of unbranched alkanes of at least 4 members (excludes halogenated alkanes) is 27. The molecular weight excluding hydrogens is 959 g/mol. The lowest BCUT2D eigenvalue weighted by Crippen LogP contribution is -2.60. The summed E-state index contributed by atoms with van der Waals surface area (Å²) in [5, 5.41) is 54.5. The van der Waals surface area contributed by atoms with E-state index in [1.54, 1.807) is 6.08 Å². The van der Waals surface area contributed by atoms with E-state index in [0.29, 0.717) is 12.8 Å². The van der Waals surface area contributed by atoms with Crippen LogP contribution in [0.25, 0.3) is 0 Å². The van der Waals surface area contributed by atoms with Gasteiger partial charge in [-0.3, -0.25) is 4.79 Å². The van der Waals surface area contributed by atoms with Crippen molar-refractivity contribution < 1.29 is 39.8 Å². The molecule has 0 aliphatic carbocycles. The summed E-state index contributed by atoms with van der Waals surface area (Å²) in [5.41, 5.74) is 0. The number of nitrogens with one attached hydrogen (secondary N) is 1. The molecule has 1 aliphatic rings. The van der Waals surface area contributed by atoms with Crippen molar-refractivity contribution in [1.29, 1.82) is 0 Å². The predicted molar refractivity (Wildman–Crippen MR) is 327 cm³/mol. The predicted octanol–water partition coefficient (Wildman–Crippen LogP) is 16.5. The van der Waals surface area contributed by atoms with Crippen LogP contribution >= 0.6 is 0 Å². The number of carbonyl (C=O) groups excluding carboxylic acids is 1. The SMILES string of the molecule is CC/C=C\C/C=C\C/C=C\C/C=C\C/C=C\C/C=C\CCCCC(=O)NC(COC1OC(CO)C(O)C(O)C1O)C(O)/C=C/CC/C=C/CC/C=C/CCCCCCCCCCCCCCCCCCCCCCCCC. The normalized spacial score (nSPS) is 19.5. The Hall–Kier alpha value is -3.15. The van der Waals surface area contributed by atoms with Gasteiger partial charge in [0.05, 0.1) is 25.4 Å². The van der Waals surface area contributed by atoms with Crippen molar-refractivity contribution in [1.82, 2.24) is 5.32 Å². The Morgan fingerprint density at radius 2 is 0.818 bits per heavy atom. The van der Waals surface area contributed by atoms with Gasteiger partial charge in [-0.05, 0) is 96.3 Å². The summed E-state index contributed by atoms with van der Waals surface area (Å²) in [4.78, 5) is 13.0. The maximum Gasteiger partial charge on any atom is 0.220 e. The van der Waals surface area contributed by atoms with Gasteiger partial charge in [-0.15, -0.1) is 0 Å². The van der Waals surface area contributed by atoms with Gasteiger partial charge in [0.25, 0.3) is 0 Å². The Morgan fingerprint density at radius 1 is 0.455 bits per heavy atom. The third kappa shape index (κ3) is 45.3. The highest BCUT2D eigenvalue weighted by molar-refractivity contribution is 5.76. The van der Waals surface area contributed by atoms with Gasteiger partial charge in [-0.1, -0.05) is 264 Å². The summed E-state index contributed by atoms with van der Waals surface area (Å²) >= 11 is 0. The number of allylic oxidation sites excluding steroid dienone is 17. The van der Waals surface area contributed by atoms with Crippen molar-refractivity contribution in [2.75, 3.05) is 13.2 Å². The molecule has 6 N–H and O–H groups in total. The maximum atomic E-state index is 13.0. The number of aliphatic hydroxyl groups excluding tert-OH is 5. The Bertz CT molecular complexity index is 1580. The van der Waals surface area contributed by atoms with Gasteiger partial charge in [0.2, 0.25) is 5.91 Å². The molecule has 9 heteroatoms. The van der Waals surface area contributed by atoms with E-state index < -0.39 is 49.5 Å². The van der Waals surface area contributed by atoms with Crippen LogP contribution in [-0.4, -0.2) is 87.5 Å². The quantitative estimate of drug-likeness (QED) is 0.0261. The van der Waals surface area contributed by atoms with Crippen LogP contribution in [-0.2, 0) is 14.3 Å². The smallest absolute Gasteiger partial charge is 0.220 e. The van der Waals surface area contributed by atoms with Crippen LogP contribution < -0.4 is 5.32 Å². The fourth-order valence-electron chi connectivity index (χ4n) is 9.37. The molecule has 0 aromatic rings. The van der Waals surface area contributed by atoms with E-state index >= 15 is 0 Å². The minimum Gasteiger partial charge on any atom is -0.394 e. The summed E-state index contributed by atoms with van der Waals surface area (Å²) in [7, 11) is 0. The maximum absolute atomic E-state index is 13.0. The van der Waals surface area contributed by atoms with Crippen molar-refractivity contribution in [3.8, 4) is 0 Å². The molecule has 0 radical (unpaired) electrons.